The van der Waals surface area contributed by atoms with E-state index < -0.39 is 0 Å². The van der Waals surface area contributed by atoms with Gasteiger partial charge in [0.2, 0.25) is 5.95 Å². The Kier molecular flexibility index (Phi) is 3.49. The van der Waals surface area contributed by atoms with Crippen molar-refractivity contribution in [2.24, 2.45) is 0 Å². The summed E-state index contributed by atoms with van der Waals surface area (Å²) < 4.78 is 12.8. The van der Waals surface area contributed by atoms with Gasteiger partial charge < -0.3 is 5.32 Å². The summed E-state index contributed by atoms with van der Waals surface area (Å²) in [6.45, 7) is 1.93. The molecule has 0 saturated heterocycles. The van der Waals surface area contributed by atoms with Crippen molar-refractivity contribution in [3.05, 3.63) is 53.6 Å². The number of hydrogen-bond donors (Lipinski definition) is 1. The highest BCUT2D eigenvalue weighted by Gasteiger charge is 2.06. The van der Waals surface area contributed by atoms with E-state index in [-0.39, 0.29) is 11.9 Å². The molecular weight excluding hydrogens is 231 g/mol. The monoisotopic (exact) mass is 242 g/mol. The van der Waals surface area contributed by atoms with Gasteiger partial charge in [0, 0.05) is 0 Å². The van der Waals surface area contributed by atoms with Gasteiger partial charge >= 0.3 is 0 Å². The van der Waals surface area contributed by atoms with Crippen LogP contribution in [0.15, 0.2) is 36.7 Å². The van der Waals surface area contributed by atoms with Crippen LogP contribution in [0.25, 0.3) is 0 Å². The quantitative estimate of drug-likeness (QED) is 0.898. The molecule has 4 nitrogen and oxygen atoms in total. The van der Waals surface area contributed by atoms with Crippen LogP contribution in [0.1, 0.15) is 24.1 Å². The van der Waals surface area contributed by atoms with Crippen LogP contribution in [0.3, 0.4) is 0 Å². The number of nitrogens with zero attached hydrogens (tertiary/aromatic N) is 3. The van der Waals surface area contributed by atoms with Gasteiger partial charge in [-0.3, -0.25) is 0 Å². The Labute approximate surface area is 104 Å². The number of rotatable bonds is 3. The summed E-state index contributed by atoms with van der Waals surface area (Å²) >= 11 is 0. The molecule has 2 rings (SSSR count). The molecule has 1 aromatic carbocycles. The number of nitrogens with one attached hydrogen (secondary N) is 1. The Morgan fingerprint density at radius 2 is 1.83 bits per heavy atom. The summed E-state index contributed by atoms with van der Waals surface area (Å²) in [5.41, 5.74) is 1.35. The normalized spacial score (nSPS) is 11.6. The summed E-state index contributed by atoms with van der Waals surface area (Å²) in [6, 6.07) is 8.14. The summed E-state index contributed by atoms with van der Waals surface area (Å²) in [4.78, 5) is 8.03. The summed E-state index contributed by atoms with van der Waals surface area (Å²) in [7, 11) is 0. The van der Waals surface area contributed by atoms with E-state index in [1.165, 1.54) is 24.5 Å². The standard InChI is InChI=1S/C13H11FN4/c1-9(11-2-4-12(14)5-3-11)18-13-16-7-10(6-15)8-17-13/h2-5,7-9H,1H3,(H,16,17,18). The molecular formula is C13H11FN4. The van der Waals surface area contributed by atoms with Crippen molar-refractivity contribution in [1.29, 1.82) is 5.26 Å². The molecule has 1 heterocycles. The van der Waals surface area contributed by atoms with Crippen LogP contribution in [0, 0.1) is 17.1 Å². The Morgan fingerprint density at radius 3 is 2.39 bits per heavy atom. The summed E-state index contributed by atoms with van der Waals surface area (Å²) in [5.74, 6) is 0.173. The molecule has 18 heavy (non-hydrogen) atoms. The van der Waals surface area contributed by atoms with Gasteiger partial charge in [-0.15, -0.1) is 0 Å². The number of aromatic nitrogens is 2. The van der Waals surface area contributed by atoms with E-state index in [1.54, 1.807) is 12.1 Å². The van der Waals surface area contributed by atoms with E-state index in [2.05, 4.69) is 15.3 Å². The van der Waals surface area contributed by atoms with E-state index in [0.29, 0.717) is 11.5 Å². The zero-order valence-electron chi connectivity index (χ0n) is 9.76. The molecule has 0 fully saturated rings. The van der Waals surface area contributed by atoms with E-state index in [0.717, 1.165) is 5.56 Å². The lowest BCUT2D eigenvalue weighted by Gasteiger charge is -2.13. The van der Waals surface area contributed by atoms with E-state index in [1.807, 2.05) is 13.0 Å². The van der Waals surface area contributed by atoms with E-state index in [9.17, 15) is 4.39 Å². The molecule has 0 bridgehead atoms. The van der Waals surface area contributed by atoms with Crippen LogP contribution in [0.4, 0.5) is 10.3 Å². The predicted molar refractivity (Wildman–Crippen MR) is 65.2 cm³/mol. The van der Waals surface area contributed by atoms with Gasteiger partial charge in [0.05, 0.1) is 24.0 Å². The first kappa shape index (κ1) is 12.0. The second kappa shape index (κ2) is 5.23. The fourth-order valence-corrected chi connectivity index (χ4v) is 1.49. The minimum Gasteiger partial charge on any atom is -0.348 e. The summed E-state index contributed by atoms with van der Waals surface area (Å²) in [5, 5.41) is 11.7. The van der Waals surface area contributed by atoms with Crippen LogP contribution in [0.5, 0.6) is 0 Å². The van der Waals surface area contributed by atoms with Crippen molar-refractivity contribution in [1.82, 2.24) is 9.97 Å². The van der Waals surface area contributed by atoms with Gasteiger partial charge in [-0.2, -0.15) is 5.26 Å². The van der Waals surface area contributed by atoms with Gasteiger partial charge in [0.15, 0.2) is 0 Å². The zero-order chi connectivity index (χ0) is 13.0. The lowest BCUT2D eigenvalue weighted by molar-refractivity contribution is 0.626. The van der Waals surface area contributed by atoms with Crippen LogP contribution in [0.2, 0.25) is 0 Å². The molecule has 1 unspecified atom stereocenters. The summed E-state index contributed by atoms with van der Waals surface area (Å²) in [6.07, 6.45) is 2.90. The molecule has 1 N–H and O–H groups in total. The van der Waals surface area contributed by atoms with Gasteiger partial charge in [-0.05, 0) is 24.6 Å². The fourth-order valence-electron chi connectivity index (χ4n) is 1.49. The Morgan fingerprint density at radius 1 is 1.22 bits per heavy atom. The maximum absolute atomic E-state index is 12.8. The second-order valence-electron chi connectivity index (χ2n) is 3.82. The topological polar surface area (TPSA) is 61.6 Å². The van der Waals surface area contributed by atoms with E-state index >= 15 is 0 Å². The third-order valence-corrected chi connectivity index (χ3v) is 2.50. The average Bonchev–Trinajstić information content (AvgIpc) is 2.40. The number of benzene rings is 1. The van der Waals surface area contributed by atoms with Crippen LogP contribution in [-0.4, -0.2) is 9.97 Å². The van der Waals surface area contributed by atoms with Gasteiger partial charge in [0.1, 0.15) is 11.9 Å². The molecule has 0 spiro atoms. The Bertz CT molecular complexity index is 557. The van der Waals surface area contributed by atoms with Crippen molar-refractivity contribution in [3.8, 4) is 6.07 Å². The first-order chi connectivity index (χ1) is 8.69. The first-order valence-electron chi connectivity index (χ1n) is 5.43. The molecule has 90 valence electrons. The Hall–Kier alpha value is -2.48. The zero-order valence-corrected chi connectivity index (χ0v) is 9.76. The van der Waals surface area contributed by atoms with Crippen LogP contribution < -0.4 is 5.32 Å². The predicted octanol–water partition coefficient (Wildman–Crippen LogP) is 2.66. The van der Waals surface area contributed by atoms with Crippen molar-refractivity contribution >= 4 is 5.95 Å². The largest absolute Gasteiger partial charge is 0.348 e. The second-order valence-corrected chi connectivity index (χ2v) is 3.82. The van der Waals surface area contributed by atoms with Crippen molar-refractivity contribution < 1.29 is 4.39 Å². The fraction of sp³-hybridized carbons (Fsp3) is 0.154. The third-order valence-electron chi connectivity index (χ3n) is 2.50. The molecule has 1 aromatic heterocycles. The third kappa shape index (κ3) is 2.80. The van der Waals surface area contributed by atoms with Crippen molar-refractivity contribution in [2.75, 3.05) is 5.32 Å². The highest BCUT2D eigenvalue weighted by molar-refractivity contribution is 5.33. The first-order valence-corrected chi connectivity index (χ1v) is 5.43. The van der Waals surface area contributed by atoms with Gasteiger partial charge in [0.25, 0.3) is 0 Å². The minimum absolute atomic E-state index is 0.0430. The minimum atomic E-state index is -0.263. The highest BCUT2D eigenvalue weighted by atomic mass is 19.1. The highest BCUT2D eigenvalue weighted by Crippen LogP contribution is 2.16. The number of anilines is 1. The van der Waals surface area contributed by atoms with Crippen LogP contribution in [-0.2, 0) is 0 Å². The number of hydrogen-bond acceptors (Lipinski definition) is 4. The smallest absolute Gasteiger partial charge is 0.223 e. The van der Waals surface area contributed by atoms with E-state index in [4.69, 9.17) is 5.26 Å². The lowest BCUT2D eigenvalue weighted by Crippen LogP contribution is -2.09. The van der Waals surface area contributed by atoms with Gasteiger partial charge in [-0.25, -0.2) is 14.4 Å². The molecule has 0 radical (unpaired) electrons. The van der Waals surface area contributed by atoms with Crippen LogP contribution >= 0.6 is 0 Å². The molecule has 0 aliphatic heterocycles. The van der Waals surface area contributed by atoms with Gasteiger partial charge in [-0.1, -0.05) is 12.1 Å². The molecule has 0 aliphatic rings. The molecule has 1 atom stereocenters. The van der Waals surface area contributed by atoms with Crippen molar-refractivity contribution in [2.45, 2.75) is 13.0 Å². The lowest BCUT2D eigenvalue weighted by atomic mass is 10.1. The molecule has 5 heteroatoms. The molecule has 0 amide bonds. The van der Waals surface area contributed by atoms with Crippen molar-refractivity contribution in [3.63, 3.8) is 0 Å². The maximum Gasteiger partial charge on any atom is 0.223 e. The molecule has 2 aromatic rings. The Balaban J connectivity index is 2.08. The average molecular weight is 242 g/mol. The maximum atomic E-state index is 12.8. The molecule has 0 saturated carbocycles. The SMILES string of the molecule is CC(Nc1ncc(C#N)cn1)c1ccc(F)cc1. The number of nitriles is 1. The molecule has 0 aliphatic carbocycles. The number of halogens is 1.